The Morgan fingerprint density at radius 2 is 1.81 bits per heavy atom. The van der Waals surface area contributed by atoms with Crippen LogP contribution in [0.4, 0.5) is 24.5 Å². The SMILES string of the molecule is CCOC(=O)CN(C(C)=O)c1ccc(-c2cc(=O)c3c(N)c(F)cc(F)c3o2)cc1F. The van der Waals surface area contributed by atoms with Crippen molar-refractivity contribution in [2.45, 2.75) is 13.8 Å². The zero-order valence-corrected chi connectivity index (χ0v) is 16.5. The quantitative estimate of drug-likeness (QED) is 0.488. The van der Waals surface area contributed by atoms with Crippen LogP contribution < -0.4 is 16.1 Å². The lowest BCUT2D eigenvalue weighted by Crippen LogP contribution is -2.35. The molecule has 0 fully saturated rings. The summed E-state index contributed by atoms with van der Waals surface area (Å²) in [4.78, 5) is 36.8. The first-order valence-electron chi connectivity index (χ1n) is 9.09. The molecule has 0 spiro atoms. The fraction of sp³-hybridized carbons (Fsp3) is 0.190. The van der Waals surface area contributed by atoms with Gasteiger partial charge in [-0.2, -0.15) is 0 Å². The fourth-order valence-corrected chi connectivity index (χ4v) is 3.01. The molecule has 1 aromatic heterocycles. The van der Waals surface area contributed by atoms with Gasteiger partial charge in [-0.3, -0.25) is 19.3 Å². The molecule has 162 valence electrons. The number of nitrogens with zero attached hydrogens (tertiary/aromatic N) is 1. The van der Waals surface area contributed by atoms with Crippen LogP contribution in [0.15, 0.2) is 39.5 Å². The Kier molecular flexibility index (Phi) is 6.00. The number of esters is 1. The Morgan fingerprint density at radius 3 is 2.42 bits per heavy atom. The van der Waals surface area contributed by atoms with Gasteiger partial charge in [0.1, 0.15) is 23.9 Å². The second-order valence-corrected chi connectivity index (χ2v) is 6.51. The molecule has 10 heteroatoms. The van der Waals surface area contributed by atoms with Crippen molar-refractivity contribution in [1.82, 2.24) is 0 Å². The number of hydrogen-bond donors (Lipinski definition) is 1. The van der Waals surface area contributed by atoms with E-state index in [1.54, 1.807) is 6.92 Å². The lowest BCUT2D eigenvalue weighted by Gasteiger charge is -2.21. The molecule has 0 aliphatic rings. The van der Waals surface area contributed by atoms with Gasteiger partial charge >= 0.3 is 5.97 Å². The Balaban J connectivity index is 2.07. The Bertz CT molecular complexity index is 1260. The average molecular weight is 434 g/mol. The second kappa shape index (κ2) is 8.50. The lowest BCUT2D eigenvalue weighted by molar-refractivity contribution is -0.142. The zero-order chi connectivity index (χ0) is 22.9. The summed E-state index contributed by atoms with van der Waals surface area (Å²) in [6.45, 7) is 2.34. The Hall–Kier alpha value is -3.82. The molecule has 31 heavy (non-hydrogen) atoms. The average Bonchev–Trinajstić information content (AvgIpc) is 2.70. The number of fused-ring (bicyclic) bond motifs is 1. The standard InChI is InChI=1S/C21H17F3N2O5/c1-3-30-18(29)9-26(10(2)27)15-5-4-11(6-12(15)22)17-8-16(28)19-20(25)13(23)7-14(24)21(19)31-17/h4-8H,3,9,25H2,1-2H3. The number of halogens is 3. The molecule has 1 amide bonds. The summed E-state index contributed by atoms with van der Waals surface area (Å²) in [5.74, 6) is -4.67. The lowest BCUT2D eigenvalue weighted by atomic mass is 10.1. The van der Waals surface area contributed by atoms with E-state index < -0.39 is 58.0 Å². The van der Waals surface area contributed by atoms with E-state index in [4.69, 9.17) is 14.9 Å². The van der Waals surface area contributed by atoms with Crippen molar-refractivity contribution in [1.29, 1.82) is 0 Å². The number of nitrogens with two attached hydrogens (primary N) is 1. The molecule has 1 heterocycles. The number of carbonyl (C=O) groups excluding carboxylic acids is 2. The van der Waals surface area contributed by atoms with Gasteiger partial charge in [-0.05, 0) is 25.1 Å². The van der Waals surface area contributed by atoms with E-state index in [1.165, 1.54) is 12.1 Å². The van der Waals surface area contributed by atoms with Gasteiger partial charge in [-0.1, -0.05) is 0 Å². The third kappa shape index (κ3) is 4.23. The summed E-state index contributed by atoms with van der Waals surface area (Å²) in [5, 5.41) is -0.462. The number of hydrogen-bond acceptors (Lipinski definition) is 6. The number of ether oxygens (including phenoxy) is 1. The molecule has 0 saturated heterocycles. The maximum Gasteiger partial charge on any atom is 0.326 e. The van der Waals surface area contributed by atoms with E-state index in [-0.39, 0.29) is 23.6 Å². The largest absolute Gasteiger partial charge is 0.465 e. The molecular weight excluding hydrogens is 417 g/mol. The van der Waals surface area contributed by atoms with Gasteiger partial charge in [0.25, 0.3) is 0 Å². The summed E-state index contributed by atoms with van der Waals surface area (Å²) in [7, 11) is 0. The zero-order valence-electron chi connectivity index (χ0n) is 16.5. The summed E-state index contributed by atoms with van der Waals surface area (Å²) in [6, 6.07) is 4.87. The molecule has 0 radical (unpaired) electrons. The van der Waals surface area contributed by atoms with Gasteiger partial charge < -0.3 is 14.9 Å². The van der Waals surface area contributed by atoms with Crippen molar-refractivity contribution in [3.8, 4) is 11.3 Å². The van der Waals surface area contributed by atoms with Crippen LogP contribution >= 0.6 is 0 Å². The third-order valence-electron chi connectivity index (χ3n) is 4.44. The maximum absolute atomic E-state index is 14.8. The van der Waals surface area contributed by atoms with Crippen LogP contribution in [-0.4, -0.2) is 25.0 Å². The minimum absolute atomic E-state index is 0.0437. The highest BCUT2D eigenvalue weighted by atomic mass is 19.1. The van der Waals surface area contributed by atoms with Gasteiger partial charge in [0.05, 0.1) is 23.4 Å². The predicted octanol–water partition coefficient (Wildman–Crippen LogP) is 3.38. The van der Waals surface area contributed by atoms with Crippen LogP contribution in [0.2, 0.25) is 0 Å². The number of rotatable bonds is 5. The smallest absolute Gasteiger partial charge is 0.326 e. The second-order valence-electron chi connectivity index (χ2n) is 6.51. The van der Waals surface area contributed by atoms with Crippen LogP contribution in [0.25, 0.3) is 22.3 Å². The molecule has 0 aliphatic carbocycles. The summed E-state index contributed by atoms with van der Waals surface area (Å²) >= 11 is 0. The molecule has 2 aromatic carbocycles. The van der Waals surface area contributed by atoms with Gasteiger partial charge in [0.2, 0.25) is 5.91 Å². The molecule has 7 nitrogen and oxygen atoms in total. The van der Waals surface area contributed by atoms with Crippen molar-refractivity contribution in [2.24, 2.45) is 0 Å². The fourth-order valence-electron chi connectivity index (χ4n) is 3.01. The highest BCUT2D eigenvalue weighted by Gasteiger charge is 2.22. The van der Waals surface area contributed by atoms with E-state index in [1.807, 2.05) is 0 Å². The van der Waals surface area contributed by atoms with Gasteiger partial charge in [0.15, 0.2) is 16.8 Å². The number of benzene rings is 2. The maximum atomic E-state index is 14.8. The number of amides is 1. The number of carbonyl (C=O) groups is 2. The monoisotopic (exact) mass is 434 g/mol. The van der Waals surface area contributed by atoms with Gasteiger partial charge in [0, 0.05) is 24.6 Å². The molecule has 3 aromatic rings. The normalized spacial score (nSPS) is 10.9. The summed E-state index contributed by atoms with van der Waals surface area (Å²) in [6.07, 6.45) is 0. The Labute approximate surface area is 173 Å². The van der Waals surface area contributed by atoms with E-state index in [9.17, 15) is 27.6 Å². The van der Waals surface area contributed by atoms with Crippen LogP contribution in [0.1, 0.15) is 13.8 Å². The molecule has 0 bridgehead atoms. The first-order chi connectivity index (χ1) is 14.6. The van der Waals surface area contributed by atoms with Crippen molar-refractivity contribution in [3.63, 3.8) is 0 Å². The van der Waals surface area contributed by atoms with Crippen molar-refractivity contribution in [3.05, 3.63) is 58.0 Å². The third-order valence-corrected chi connectivity index (χ3v) is 4.44. The predicted molar refractivity (Wildman–Crippen MR) is 107 cm³/mol. The van der Waals surface area contributed by atoms with Crippen LogP contribution in [0, 0.1) is 17.5 Å². The molecule has 0 saturated carbocycles. The topological polar surface area (TPSA) is 103 Å². The molecule has 3 rings (SSSR count). The van der Waals surface area contributed by atoms with E-state index in [2.05, 4.69) is 0 Å². The first kappa shape index (κ1) is 21.9. The van der Waals surface area contributed by atoms with E-state index in [0.29, 0.717) is 6.07 Å². The number of nitrogen functional groups attached to an aromatic ring is 1. The molecule has 0 aliphatic heterocycles. The van der Waals surface area contributed by atoms with Crippen LogP contribution in [0.3, 0.4) is 0 Å². The number of anilines is 2. The van der Waals surface area contributed by atoms with E-state index in [0.717, 1.165) is 24.0 Å². The highest BCUT2D eigenvalue weighted by Crippen LogP contribution is 2.31. The van der Waals surface area contributed by atoms with Crippen LogP contribution in [-0.2, 0) is 14.3 Å². The molecule has 2 N–H and O–H groups in total. The van der Waals surface area contributed by atoms with Crippen molar-refractivity contribution in [2.75, 3.05) is 23.8 Å². The summed E-state index contributed by atoms with van der Waals surface area (Å²) < 4.78 is 52.7. The van der Waals surface area contributed by atoms with Gasteiger partial charge in [-0.15, -0.1) is 0 Å². The van der Waals surface area contributed by atoms with Crippen molar-refractivity contribution < 1.29 is 31.9 Å². The van der Waals surface area contributed by atoms with Gasteiger partial charge in [-0.25, -0.2) is 13.2 Å². The summed E-state index contributed by atoms with van der Waals surface area (Å²) in [5.41, 5.74) is 3.40. The molecule has 0 unspecified atom stereocenters. The molecular formula is C21H17F3N2O5. The minimum atomic E-state index is -1.14. The Morgan fingerprint density at radius 1 is 1.10 bits per heavy atom. The highest BCUT2D eigenvalue weighted by molar-refractivity contribution is 5.96. The minimum Gasteiger partial charge on any atom is -0.465 e. The first-order valence-corrected chi connectivity index (χ1v) is 9.09. The molecule has 0 atom stereocenters. The van der Waals surface area contributed by atoms with Crippen molar-refractivity contribution >= 4 is 34.2 Å². The van der Waals surface area contributed by atoms with Crippen LogP contribution in [0.5, 0.6) is 0 Å². The van der Waals surface area contributed by atoms with E-state index >= 15 is 0 Å².